The highest BCUT2D eigenvalue weighted by molar-refractivity contribution is 6.05. The molecule has 0 aromatic rings. The molecule has 1 fully saturated rings. The summed E-state index contributed by atoms with van der Waals surface area (Å²) in [6.07, 6.45) is 2.10. The summed E-state index contributed by atoms with van der Waals surface area (Å²) in [5.74, 6) is -3.55. The zero-order valence-electron chi connectivity index (χ0n) is 15.7. The van der Waals surface area contributed by atoms with E-state index in [-0.39, 0.29) is 17.4 Å². The minimum Gasteiger partial charge on any atom is -0.481 e. The molecule has 2 amide bonds. The molecule has 1 rings (SSSR count). The van der Waals surface area contributed by atoms with E-state index >= 15 is 0 Å². The van der Waals surface area contributed by atoms with Crippen LogP contribution < -0.4 is 16.4 Å². The Hall–Kier alpha value is -2.16. The number of carboxylic acids is 1. The van der Waals surface area contributed by atoms with Crippen molar-refractivity contribution in [2.75, 3.05) is 7.11 Å². The molecule has 0 saturated heterocycles. The van der Waals surface area contributed by atoms with E-state index in [9.17, 15) is 19.2 Å². The van der Waals surface area contributed by atoms with Gasteiger partial charge in [0.15, 0.2) is 0 Å². The quantitative estimate of drug-likeness (QED) is 0.357. The van der Waals surface area contributed by atoms with Gasteiger partial charge < -0.3 is 26.2 Å². The minimum atomic E-state index is -1.58. The molecule has 4 atom stereocenters. The van der Waals surface area contributed by atoms with Gasteiger partial charge in [0.05, 0.1) is 19.6 Å². The molecule has 5 N–H and O–H groups in total. The second kappa shape index (κ2) is 8.98. The molecule has 0 radical (unpaired) electrons. The molecular weight excluding hydrogens is 342 g/mol. The number of hydrogen-bond donors (Lipinski definition) is 4. The number of rotatable bonds is 7. The molecule has 0 aromatic carbocycles. The summed E-state index contributed by atoms with van der Waals surface area (Å²) in [5, 5.41) is 13.7. The summed E-state index contributed by atoms with van der Waals surface area (Å²) in [6, 6.07) is -3.06. The van der Waals surface area contributed by atoms with Crippen molar-refractivity contribution >= 4 is 23.8 Å². The zero-order chi connectivity index (χ0) is 20.1. The van der Waals surface area contributed by atoms with Crippen LogP contribution in [0.15, 0.2) is 0 Å². The van der Waals surface area contributed by atoms with Crippen molar-refractivity contribution < 1.29 is 29.0 Å². The largest absolute Gasteiger partial charge is 0.481 e. The number of hydrogen-bond acceptors (Lipinski definition) is 6. The number of nitrogens with two attached hydrogens (primary N) is 1. The first kappa shape index (κ1) is 21.9. The van der Waals surface area contributed by atoms with Gasteiger partial charge in [-0.15, -0.1) is 0 Å². The lowest BCUT2D eigenvalue weighted by Crippen LogP contribution is -2.57. The summed E-state index contributed by atoms with van der Waals surface area (Å²) in [6.45, 7) is 6.27. The lowest BCUT2D eigenvalue weighted by molar-refractivity contribution is -0.149. The first-order chi connectivity index (χ1) is 12.0. The predicted octanol–water partition coefficient (Wildman–Crippen LogP) is -0.223. The van der Waals surface area contributed by atoms with Crippen molar-refractivity contribution in [1.29, 1.82) is 0 Å². The Labute approximate surface area is 153 Å². The van der Waals surface area contributed by atoms with Gasteiger partial charge in [-0.3, -0.25) is 14.4 Å². The Kier molecular flexibility index (Phi) is 7.55. The molecule has 0 aromatic heterocycles. The summed E-state index contributed by atoms with van der Waals surface area (Å²) < 4.78 is 4.58. The Morgan fingerprint density at radius 1 is 1.19 bits per heavy atom. The van der Waals surface area contributed by atoms with Crippen LogP contribution in [-0.4, -0.2) is 54.1 Å². The number of esters is 1. The van der Waals surface area contributed by atoms with E-state index < -0.39 is 42.3 Å². The van der Waals surface area contributed by atoms with E-state index in [1.807, 2.05) is 0 Å². The highest BCUT2D eigenvalue weighted by Gasteiger charge is 2.39. The third-order valence-electron chi connectivity index (χ3n) is 4.67. The second-order valence-corrected chi connectivity index (χ2v) is 7.69. The van der Waals surface area contributed by atoms with E-state index in [0.717, 1.165) is 26.4 Å². The molecule has 26 heavy (non-hydrogen) atoms. The van der Waals surface area contributed by atoms with Crippen LogP contribution >= 0.6 is 0 Å². The number of carbonyl (C=O) groups excluding carboxylic acids is 3. The molecule has 1 saturated carbocycles. The molecule has 9 heteroatoms. The number of methoxy groups -OCH3 is 1. The standard InChI is InChI=1S/C17H29N3O6/c1-17(2,3)9-6-5-7-11(9)19-15(24)13(16(25)26-4)20-14(23)10(18)8-12(21)22/h9-11,13H,5-8,18H2,1-4H3,(H,19,24)(H,20,23)(H,21,22)/t9?,10-,11?,13+/m0/s1. The molecule has 0 heterocycles. The first-order valence-corrected chi connectivity index (χ1v) is 8.63. The van der Waals surface area contributed by atoms with Gasteiger partial charge in [-0.05, 0) is 24.2 Å². The van der Waals surface area contributed by atoms with Crippen LogP contribution in [0.2, 0.25) is 0 Å². The second-order valence-electron chi connectivity index (χ2n) is 7.69. The van der Waals surface area contributed by atoms with Crippen molar-refractivity contribution in [1.82, 2.24) is 10.6 Å². The molecule has 1 aliphatic carbocycles. The number of ether oxygens (including phenoxy) is 1. The summed E-state index contributed by atoms with van der Waals surface area (Å²) in [4.78, 5) is 47.1. The van der Waals surface area contributed by atoms with Gasteiger partial charge in [-0.1, -0.05) is 27.2 Å². The monoisotopic (exact) mass is 371 g/mol. The summed E-state index contributed by atoms with van der Waals surface area (Å²) in [5.41, 5.74) is 5.46. The van der Waals surface area contributed by atoms with E-state index in [0.29, 0.717) is 0 Å². The predicted molar refractivity (Wildman–Crippen MR) is 92.9 cm³/mol. The van der Waals surface area contributed by atoms with E-state index in [4.69, 9.17) is 10.8 Å². The minimum absolute atomic E-state index is 0.0116. The number of amides is 2. The fourth-order valence-corrected chi connectivity index (χ4v) is 3.31. The molecule has 9 nitrogen and oxygen atoms in total. The maximum Gasteiger partial charge on any atom is 0.338 e. The third kappa shape index (κ3) is 5.98. The first-order valence-electron chi connectivity index (χ1n) is 8.63. The molecule has 148 valence electrons. The number of aliphatic carboxylic acids is 1. The topological polar surface area (TPSA) is 148 Å². The number of nitrogens with one attached hydrogen (secondary N) is 2. The van der Waals surface area contributed by atoms with Crippen LogP contribution in [-0.2, 0) is 23.9 Å². The normalized spacial score (nSPS) is 22.2. The number of carboxylic acid groups (broad SMARTS) is 1. The highest BCUT2D eigenvalue weighted by Crippen LogP contribution is 2.39. The van der Waals surface area contributed by atoms with Crippen LogP contribution in [0.5, 0.6) is 0 Å². The molecule has 0 aliphatic heterocycles. The van der Waals surface area contributed by atoms with E-state index in [1.54, 1.807) is 0 Å². The van der Waals surface area contributed by atoms with Gasteiger partial charge in [-0.2, -0.15) is 0 Å². The van der Waals surface area contributed by atoms with Crippen LogP contribution in [0.3, 0.4) is 0 Å². The Balaban J connectivity index is 2.82. The van der Waals surface area contributed by atoms with Gasteiger partial charge in [0, 0.05) is 6.04 Å². The van der Waals surface area contributed by atoms with Gasteiger partial charge in [-0.25, -0.2) is 4.79 Å². The molecular formula is C17H29N3O6. The zero-order valence-corrected chi connectivity index (χ0v) is 15.7. The van der Waals surface area contributed by atoms with Crippen LogP contribution in [0.25, 0.3) is 0 Å². The van der Waals surface area contributed by atoms with Crippen molar-refractivity contribution in [2.24, 2.45) is 17.1 Å². The van der Waals surface area contributed by atoms with Gasteiger partial charge in [0.2, 0.25) is 11.9 Å². The lowest BCUT2D eigenvalue weighted by atomic mass is 9.77. The fraction of sp³-hybridized carbons (Fsp3) is 0.765. The fourth-order valence-electron chi connectivity index (χ4n) is 3.31. The van der Waals surface area contributed by atoms with Crippen LogP contribution in [0, 0.1) is 11.3 Å². The average molecular weight is 371 g/mol. The van der Waals surface area contributed by atoms with Gasteiger partial charge >= 0.3 is 11.9 Å². The Morgan fingerprint density at radius 2 is 1.81 bits per heavy atom. The Morgan fingerprint density at radius 3 is 2.31 bits per heavy atom. The summed E-state index contributed by atoms with van der Waals surface area (Å²) >= 11 is 0. The number of carbonyl (C=O) groups is 4. The maximum atomic E-state index is 12.6. The van der Waals surface area contributed by atoms with Crippen molar-refractivity contribution in [3.8, 4) is 0 Å². The van der Waals surface area contributed by atoms with Crippen molar-refractivity contribution in [3.63, 3.8) is 0 Å². The maximum absolute atomic E-state index is 12.6. The van der Waals surface area contributed by atoms with Crippen molar-refractivity contribution in [2.45, 2.75) is 64.6 Å². The van der Waals surface area contributed by atoms with Crippen LogP contribution in [0.1, 0.15) is 46.5 Å². The average Bonchev–Trinajstić information content (AvgIpc) is 2.99. The lowest BCUT2D eigenvalue weighted by Gasteiger charge is -2.33. The molecule has 0 bridgehead atoms. The third-order valence-corrected chi connectivity index (χ3v) is 4.67. The van der Waals surface area contributed by atoms with Gasteiger partial charge in [0.25, 0.3) is 5.91 Å². The summed E-state index contributed by atoms with van der Waals surface area (Å²) in [7, 11) is 1.10. The molecule has 2 unspecified atom stereocenters. The molecule has 0 spiro atoms. The van der Waals surface area contributed by atoms with Crippen LogP contribution in [0.4, 0.5) is 0 Å². The smallest absolute Gasteiger partial charge is 0.338 e. The highest BCUT2D eigenvalue weighted by atomic mass is 16.5. The van der Waals surface area contributed by atoms with Crippen molar-refractivity contribution in [3.05, 3.63) is 0 Å². The Bertz CT molecular complexity index is 557. The van der Waals surface area contributed by atoms with E-state index in [1.165, 1.54) is 0 Å². The SMILES string of the molecule is COC(=O)[C@H](NC(=O)[C@@H](N)CC(=O)O)C(=O)NC1CCCC1C(C)(C)C. The van der Waals surface area contributed by atoms with E-state index in [2.05, 4.69) is 36.1 Å². The van der Waals surface area contributed by atoms with Gasteiger partial charge in [0.1, 0.15) is 0 Å². The molecule has 1 aliphatic rings.